The molecular weight excluding hydrogens is 283 g/mol. The number of nitrogens with zero attached hydrogens (tertiary/aromatic N) is 2. The molecule has 0 N–H and O–H groups in total. The summed E-state index contributed by atoms with van der Waals surface area (Å²) in [6.45, 7) is -0.173. The monoisotopic (exact) mass is 294 g/mol. The first-order valence-electron chi connectivity index (χ1n) is 6.04. The number of para-hydroxylation sites is 1. The lowest BCUT2D eigenvalue weighted by Crippen LogP contribution is -2.27. The van der Waals surface area contributed by atoms with Gasteiger partial charge in [-0.2, -0.15) is 8.42 Å². The maximum absolute atomic E-state index is 13.0. The van der Waals surface area contributed by atoms with E-state index >= 15 is 0 Å². The Kier molecular flexibility index (Phi) is 2.93. The third kappa shape index (κ3) is 2.14. The fourth-order valence-electron chi connectivity index (χ4n) is 2.40. The minimum absolute atomic E-state index is 0.173. The molecule has 1 fully saturated rings. The topological polar surface area (TPSA) is 67.3 Å². The summed E-state index contributed by atoms with van der Waals surface area (Å²) in [6, 6.07) is 8.89. The zero-order valence-electron chi connectivity index (χ0n) is 10.4. The lowest BCUT2D eigenvalue weighted by molar-refractivity contribution is -0.117. The third-order valence-corrected chi connectivity index (χ3v) is 4.50. The van der Waals surface area contributed by atoms with Gasteiger partial charge in [-0.25, -0.2) is 0 Å². The summed E-state index contributed by atoms with van der Waals surface area (Å²) < 4.78 is 35.0. The lowest BCUT2D eigenvalue weighted by Gasteiger charge is -2.17. The molecule has 0 spiro atoms. The summed E-state index contributed by atoms with van der Waals surface area (Å²) in [4.78, 5) is 17.4. The Morgan fingerprint density at radius 2 is 2.00 bits per heavy atom. The van der Waals surface area contributed by atoms with Crippen LogP contribution in [0.1, 0.15) is 6.42 Å². The molecule has 5 nitrogen and oxygen atoms in total. The van der Waals surface area contributed by atoms with Crippen LogP contribution >= 0.6 is 0 Å². The molecule has 0 saturated carbocycles. The number of carbonyl (C=O) groups is 1. The molecule has 104 valence electrons. The largest absolute Gasteiger partial charge is 0.309 e. The van der Waals surface area contributed by atoms with Crippen molar-refractivity contribution in [1.29, 1.82) is 0 Å². The van der Waals surface area contributed by atoms with Gasteiger partial charge in [0, 0.05) is 24.5 Å². The molecule has 20 heavy (non-hydrogen) atoms. The molecule has 3 rings (SSSR count). The van der Waals surface area contributed by atoms with E-state index in [0.29, 0.717) is 11.2 Å². The van der Waals surface area contributed by atoms with Gasteiger partial charge in [0.2, 0.25) is 5.91 Å². The van der Waals surface area contributed by atoms with Gasteiger partial charge < -0.3 is 4.90 Å². The summed E-state index contributed by atoms with van der Waals surface area (Å²) in [5.74, 6) is -0.408. The van der Waals surface area contributed by atoms with Crippen LogP contribution in [0.2, 0.25) is 0 Å². The number of carbonyl (C=O) groups excluding carboxylic acids is 1. The van der Waals surface area contributed by atoms with Gasteiger partial charge in [0.1, 0.15) is 5.25 Å². The van der Waals surface area contributed by atoms with E-state index < -0.39 is 21.4 Å². The van der Waals surface area contributed by atoms with Gasteiger partial charge in [-0.3, -0.25) is 9.78 Å². The molecule has 0 bridgehead atoms. The molecule has 2 heterocycles. The van der Waals surface area contributed by atoms with Crippen LogP contribution in [-0.2, 0) is 15.0 Å². The zero-order valence-corrected chi connectivity index (χ0v) is 11.2. The number of aromatic nitrogens is 1. The van der Waals surface area contributed by atoms with Gasteiger partial charge in [-0.15, -0.1) is 3.89 Å². The van der Waals surface area contributed by atoms with Gasteiger partial charge >= 0.3 is 10.2 Å². The van der Waals surface area contributed by atoms with Crippen molar-refractivity contribution in [2.24, 2.45) is 0 Å². The van der Waals surface area contributed by atoms with Crippen molar-refractivity contribution < 1.29 is 17.1 Å². The maximum Gasteiger partial charge on any atom is 0.307 e. The molecule has 1 aromatic carbocycles. The highest BCUT2D eigenvalue weighted by Crippen LogP contribution is 2.30. The Morgan fingerprint density at radius 1 is 1.25 bits per heavy atom. The van der Waals surface area contributed by atoms with Crippen LogP contribution in [0.25, 0.3) is 10.9 Å². The summed E-state index contributed by atoms with van der Waals surface area (Å²) in [6.07, 6.45) is 1.26. The van der Waals surface area contributed by atoms with Gasteiger partial charge in [0.25, 0.3) is 0 Å². The fraction of sp³-hybridized carbons (Fsp3) is 0.231. The number of rotatable bonds is 2. The number of hydrogen-bond donors (Lipinski definition) is 0. The number of amides is 1. The predicted octanol–water partition coefficient (Wildman–Crippen LogP) is 1.64. The second-order valence-corrected chi connectivity index (χ2v) is 6.28. The fourth-order valence-corrected chi connectivity index (χ4v) is 3.07. The Labute approximate surface area is 115 Å². The summed E-state index contributed by atoms with van der Waals surface area (Å²) in [7, 11) is -4.71. The summed E-state index contributed by atoms with van der Waals surface area (Å²) >= 11 is 0. The van der Waals surface area contributed by atoms with Crippen LogP contribution in [0.3, 0.4) is 0 Å². The average Bonchev–Trinajstić information content (AvgIpc) is 2.80. The highest BCUT2D eigenvalue weighted by molar-refractivity contribution is 7.87. The predicted molar refractivity (Wildman–Crippen MR) is 72.5 cm³/mol. The van der Waals surface area contributed by atoms with Gasteiger partial charge in [-0.1, -0.05) is 18.2 Å². The normalized spacial score (nSPS) is 19.8. The van der Waals surface area contributed by atoms with Crippen molar-refractivity contribution in [3.8, 4) is 0 Å². The number of halogens is 1. The van der Waals surface area contributed by atoms with Gasteiger partial charge in [0.15, 0.2) is 0 Å². The Balaban J connectivity index is 2.06. The standard InChI is InChI=1S/C13H11FN2O3S/c14-20(18,19)10-7-12(17)16(8-10)11-5-1-3-9-4-2-6-15-13(9)11/h1-6,10H,7-8H2. The number of benzene rings is 1. The molecular formula is C13H11FN2O3S. The molecule has 1 atom stereocenters. The van der Waals surface area contributed by atoms with Crippen molar-refractivity contribution in [2.75, 3.05) is 11.4 Å². The van der Waals surface area contributed by atoms with E-state index in [9.17, 15) is 17.1 Å². The lowest BCUT2D eigenvalue weighted by atomic mass is 10.2. The van der Waals surface area contributed by atoms with E-state index in [1.807, 2.05) is 12.1 Å². The van der Waals surface area contributed by atoms with Gasteiger partial charge in [-0.05, 0) is 12.1 Å². The van der Waals surface area contributed by atoms with Crippen molar-refractivity contribution in [3.63, 3.8) is 0 Å². The van der Waals surface area contributed by atoms with E-state index in [-0.39, 0.29) is 13.0 Å². The Morgan fingerprint density at radius 3 is 2.70 bits per heavy atom. The minimum atomic E-state index is -4.71. The molecule has 2 aromatic rings. The minimum Gasteiger partial charge on any atom is -0.309 e. The molecule has 7 heteroatoms. The van der Waals surface area contributed by atoms with Crippen LogP contribution in [-0.4, -0.2) is 31.1 Å². The smallest absolute Gasteiger partial charge is 0.307 e. The molecule has 1 amide bonds. The van der Waals surface area contributed by atoms with E-state index in [1.165, 1.54) is 4.90 Å². The average molecular weight is 294 g/mol. The maximum atomic E-state index is 13.0. The molecule has 1 aromatic heterocycles. The van der Waals surface area contributed by atoms with Crippen molar-refractivity contribution >= 4 is 32.7 Å². The Hall–Kier alpha value is -2.02. The highest BCUT2D eigenvalue weighted by atomic mass is 32.3. The molecule has 1 aliphatic heterocycles. The van der Waals surface area contributed by atoms with Crippen molar-refractivity contribution in [1.82, 2.24) is 4.98 Å². The van der Waals surface area contributed by atoms with E-state index in [0.717, 1.165) is 5.39 Å². The molecule has 1 saturated heterocycles. The van der Waals surface area contributed by atoms with Crippen LogP contribution in [0.5, 0.6) is 0 Å². The summed E-state index contributed by atoms with van der Waals surface area (Å²) in [5, 5.41) is -0.460. The highest BCUT2D eigenvalue weighted by Gasteiger charge is 2.39. The van der Waals surface area contributed by atoms with E-state index in [2.05, 4.69) is 4.98 Å². The zero-order chi connectivity index (χ0) is 14.3. The molecule has 1 aliphatic rings. The number of pyridine rings is 1. The third-order valence-electron chi connectivity index (χ3n) is 3.39. The van der Waals surface area contributed by atoms with Crippen LogP contribution < -0.4 is 4.90 Å². The van der Waals surface area contributed by atoms with Crippen LogP contribution in [0.4, 0.5) is 9.57 Å². The van der Waals surface area contributed by atoms with E-state index in [1.54, 1.807) is 24.4 Å². The van der Waals surface area contributed by atoms with Crippen molar-refractivity contribution in [2.45, 2.75) is 11.7 Å². The summed E-state index contributed by atoms with van der Waals surface area (Å²) in [5.41, 5.74) is 1.11. The number of anilines is 1. The second kappa shape index (κ2) is 4.52. The number of hydrogen-bond acceptors (Lipinski definition) is 4. The number of fused-ring (bicyclic) bond motifs is 1. The van der Waals surface area contributed by atoms with Crippen LogP contribution in [0, 0.1) is 0 Å². The molecule has 0 radical (unpaired) electrons. The quantitative estimate of drug-likeness (QED) is 0.790. The van der Waals surface area contributed by atoms with Gasteiger partial charge in [0.05, 0.1) is 11.2 Å². The SMILES string of the molecule is O=C1CC(S(=O)(=O)F)CN1c1cccc2cccnc12. The Bertz CT molecular complexity index is 786. The van der Waals surface area contributed by atoms with Crippen LogP contribution in [0.15, 0.2) is 36.5 Å². The first-order chi connectivity index (χ1) is 9.47. The van der Waals surface area contributed by atoms with E-state index in [4.69, 9.17) is 0 Å². The molecule has 0 aliphatic carbocycles. The molecule has 1 unspecified atom stereocenters. The first kappa shape index (κ1) is 13.0. The second-order valence-electron chi connectivity index (χ2n) is 4.66. The van der Waals surface area contributed by atoms with Crippen molar-refractivity contribution in [3.05, 3.63) is 36.5 Å². The first-order valence-corrected chi connectivity index (χ1v) is 7.49.